The predicted octanol–water partition coefficient (Wildman–Crippen LogP) is 4.03. The lowest BCUT2D eigenvalue weighted by molar-refractivity contribution is 0.572. The van der Waals surface area contributed by atoms with Crippen molar-refractivity contribution >= 4 is 29.2 Å². The molecule has 0 atom stereocenters. The summed E-state index contributed by atoms with van der Waals surface area (Å²) < 4.78 is 4.48. The largest absolute Gasteiger partial charge is 0.310 e. The molecule has 0 radical (unpaired) electrons. The van der Waals surface area contributed by atoms with Gasteiger partial charge in [0.1, 0.15) is 0 Å². The Kier molecular flexibility index (Phi) is 3.35. The third-order valence-electron chi connectivity index (χ3n) is 3.45. The summed E-state index contributed by atoms with van der Waals surface area (Å²) in [5.41, 5.74) is 3.72. The summed E-state index contributed by atoms with van der Waals surface area (Å²) in [5.74, 6) is 1.05. The maximum absolute atomic E-state index is 4.82. The Bertz CT molecular complexity index is 716. The van der Waals surface area contributed by atoms with Gasteiger partial charge in [0.2, 0.25) is 5.78 Å². The second kappa shape index (κ2) is 4.57. The van der Waals surface area contributed by atoms with E-state index in [0.29, 0.717) is 0 Å². The Morgan fingerprint density at radius 2 is 1.74 bits per heavy atom. The lowest BCUT2D eigenvalue weighted by Crippen LogP contribution is -2.11. The lowest BCUT2D eigenvalue weighted by atomic mass is 9.93. The first-order chi connectivity index (χ1) is 8.52. The van der Waals surface area contributed by atoms with Gasteiger partial charge < -0.3 is 4.57 Å². The maximum Gasteiger partial charge on any atom is 0.215 e. The molecule has 0 spiro atoms. The van der Waals surface area contributed by atoms with Gasteiger partial charge in [0.15, 0.2) is 0 Å². The van der Waals surface area contributed by atoms with Crippen LogP contribution in [0.2, 0.25) is 0 Å². The Hall–Kier alpha value is -1.48. The number of benzene rings is 1. The van der Waals surface area contributed by atoms with Crippen LogP contribution in [0.5, 0.6) is 0 Å². The molecule has 0 N–H and O–H groups in total. The van der Waals surface area contributed by atoms with Crippen LogP contribution in [0, 0.1) is 0 Å². The molecule has 4 heteroatoms. The number of nitrogens with zero attached hydrogens (tertiary/aromatic N) is 3. The second-order valence-corrected chi connectivity index (χ2v) is 5.78. The van der Waals surface area contributed by atoms with Crippen LogP contribution in [0.1, 0.15) is 33.4 Å². The van der Waals surface area contributed by atoms with Crippen molar-refractivity contribution in [2.24, 2.45) is 0 Å². The number of para-hydroxylation sites is 2. The topological polar surface area (TPSA) is 22.2 Å². The van der Waals surface area contributed by atoms with Gasteiger partial charge in [-0.2, -0.15) is 0 Å². The third kappa shape index (κ3) is 2.02. The monoisotopic (exact) mass is 277 g/mol. The van der Waals surface area contributed by atoms with Gasteiger partial charge in [-0.25, -0.2) is 4.98 Å². The van der Waals surface area contributed by atoms with Crippen LogP contribution in [0.3, 0.4) is 0 Å². The molecule has 0 saturated heterocycles. The van der Waals surface area contributed by atoms with Crippen molar-refractivity contribution in [3.63, 3.8) is 0 Å². The molecule has 19 heavy (non-hydrogen) atoms. The zero-order chi connectivity index (χ0) is 12.9. The van der Waals surface area contributed by atoms with Gasteiger partial charge in [-0.3, -0.25) is 4.40 Å². The fourth-order valence-electron chi connectivity index (χ4n) is 2.42. The van der Waals surface area contributed by atoms with E-state index in [2.05, 4.69) is 67.1 Å². The van der Waals surface area contributed by atoms with E-state index in [0.717, 1.165) is 18.0 Å². The molecule has 3 nitrogen and oxygen atoms in total. The molecule has 0 amide bonds. The van der Waals surface area contributed by atoms with E-state index in [9.17, 15) is 0 Å². The molecular formula is C15H20ClN3. The van der Waals surface area contributed by atoms with Gasteiger partial charge in [0.25, 0.3) is 0 Å². The van der Waals surface area contributed by atoms with Gasteiger partial charge in [-0.05, 0) is 19.1 Å². The molecule has 0 aliphatic heterocycles. The first-order valence-corrected chi connectivity index (χ1v) is 6.49. The number of aromatic nitrogens is 3. The number of hydrogen-bond donors (Lipinski definition) is 0. The van der Waals surface area contributed by atoms with Gasteiger partial charge in [-0.15, -0.1) is 12.4 Å². The minimum atomic E-state index is 0. The highest BCUT2D eigenvalue weighted by molar-refractivity contribution is 5.85. The molecule has 0 aliphatic carbocycles. The SMILES string of the molecule is CCn1c2ccccc2n2cc(C(C)(C)C)nc12.Cl. The summed E-state index contributed by atoms with van der Waals surface area (Å²) in [5, 5.41) is 0. The zero-order valence-corrected chi connectivity index (χ0v) is 12.7. The Morgan fingerprint density at radius 3 is 2.32 bits per heavy atom. The summed E-state index contributed by atoms with van der Waals surface area (Å²) >= 11 is 0. The van der Waals surface area contributed by atoms with E-state index in [4.69, 9.17) is 4.98 Å². The van der Waals surface area contributed by atoms with Crippen LogP contribution in [-0.4, -0.2) is 14.0 Å². The standard InChI is InChI=1S/C15H19N3.ClH/c1-5-17-11-8-6-7-9-12(11)18-10-13(15(2,3)4)16-14(17)18;/h6-10H,5H2,1-4H3;1H. The fourth-order valence-corrected chi connectivity index (χ4v) is 2.42. The average Bonchev–Trinajstić information content (AvgIpc) is 2.84. The Labute approximate surface area is 119 Å². The van der Waals surface area contributed by atoms with Crippen molar-refractivity contribution in [2.75, 3.05) is 0 Å². The minimum absolute atomic E-state index is 0. The molecule has 2 aromatic heterocycles. The Morgan fingerprint density at radius 1 is 1.11 bits per heavy atom. The first-order valence-electron chi connectivity index (χ1n) is 6.49. The number of fused-ring (bicyclic) bond motifs is 3. The number of hydrogen-bond acceptors (Lipinski definition) is 1. The van der Waals surface area contributed by atoms with Crippen LogP contribution in [0.15, 0.2) is 30.5 Å². The van der Waals surface area contributed by atoms with Crippen molar-refractivity contribution in [3.8, 4) is 0 Å². The van der Waals surface area contributed by atoms with Crippen molar-refractivity contribution in [1.82, 2.24) is 14.0 Å². The van der Waals surface area contributed by atoms with E-state index in [1.54, 1.807) is 0 Å². The molecule has 3 aromatic rings. The highest BCUT2D eigenvalue weighted by atomic mass is 35.5. The highest BCUT2D eigenvalue weighted by Crippen LogP contribution is 2.26. The number of imidazole rings is 2. The molecular weight excluding hydrogens is 258 g/mol. The average molecular weight is 278 g/mol. The van der Waals surface area contributed by atoms with Crippen molar-refractivity contribution in [2.45, 2.75) is 39.7 Å². The summed E-state index contributed by atoms with van der Waals surface area (Å²) in [6.07, 6.45) is 2.17. The molecule has 0 bridgehead atoms. The van der Waals surface area contributed by atoms with E-state index in [-0.39, 0.29) is 17.8 Å². The lowest BCUT2D eigenvalue weighted by Gasteiger charge is -2.14. The van der Waals surface area contributed by atoms with Crippen LogP contribution >= 0.6 is 12.4 Å². The van der Waals surface area contributed by atoms with E-state index in [1.807, 2.05) is 0 Å². The van der Waals surface area contributed by atoms with Gasteiger partial charge >= 0.3 is 0 Å². The first kappa shape index (κ1) is 13.9. The van der Waals surface area contributed by atoms with E-state index in [1.165, 1.54) is 11.0 Å². The van der Waals surface area contributed by atoms with Crippen LogP contribution < -0.4 is 0 Å². The molecule has 3 rings (SSSR count). The van der Waals surface area contributed by atoms with Crippen molar-refractivity contribution in [3.05, 3.63) is 36.2 Å². The molecule has 1 aromatic carbocycles. The molecule has 0 fully saturated rings. The van der Waals surface area contributed by atoms with E-state index >= 15 is 0 Å². The van der Waals surface area contributed by atoms with Crippen molar-refractivity contribution in [1.29, 1.82) is 0 Å². The number of halogens is 1. The van der Waals surface area contributed by atoms with Gasteiger partial charge in [0.05, 0.1) is 16.7 Å². The highest BCUT2D eigenvalue weighted by Gasteiger charge is 2.20. The smallest absolute Gasteiger partial charge is 0.215 e. The van der Waals surface area contributed by atoms with E-state index < -0.39 is 0 Å². The normalized spacial score (nSPS) is 12.0. The van der Waals surface area contributed by atoms with Crippen molar-refractivity contribution < 1.29 is 0 Å². The molecule has 0 saturated carbocycles. The van der Waals surface area contributed by atoms with Crippen LogP contribution in [-0.2, 0) is 12.0 Å². The zero-order valence-electron chi connectivity index (χ0n) is 11.8. The fraction of sp³-hybridized carbons (Fsp3) is 0.400. The molecule has 0 unspecified atom stereocenters. The maximum atomic E-state index is 4.82. The molecule has 102 valence electrons. The Balaban J connectivity index is 0.00000133. The quantitative estimate of drug-likeness (QED) is 0.658. The minimum Gasteiger partial charge on any atom is -0.310 e. The number of aryl methyl sites for hydroxylation is 1. The van der Waals surface area contributed by atoms with Crippen LogP contribution in [0.25, 0.3) is 16.8 Å². The number of rotatable bonds is 1. The van der Waals surface area contributed by atoms with Gasteiger partial charge in [0, 0.05) is 18.2 Å². The van der Waals surface area contributed by atoms with Gasteiger partial charge in [-0.1, -0.05) is 32.9 Å². The summed E-state index contributed by atoms with van der Waals surface area (Å²) in [7, 11) is 0. The molecule has 2 heterocycles. The third-order valence-corrected chi connectivity index (χ3v) is 3.45. The predicted molar refractivity (Wildman–Crippen MR) is 82.3 cm³/mol. The van der Waals surface area contributed by atoms with Crippen LogP contribution in [0.4, 0.5) is 0 Å². The second-order valence-electron chi connectivity index (χ2n) is 5.78. The summed E-state index contributed by atoms with van der Waals surface area (Å²) in [6, 6.07) is 8.48. The summed E-state index contributed by atoms with van der Waals surface area (Å²) in [4.78, 5) is 4.82. The molecule has 0 aliphatic rings. The summed E-state index contributed by atoms with van der Waals surface area (Å²) in [6.45, 7) is 9.71.